The molecule has 0 saturated carbocycles. The van der Waals surface area contributed by atoms with Crippen LogP contribution in [-0.4, -0.2) is 36.9 Å². The molecule has 9 heteroatoms. The number of hydrogen-bond donors (Lipinski definition) is 2. The monoisotopic (exact) mass is 466 g/mol. The van der Waals surface area contributed by atoms with E-state index in [9.17, 15) is 14.4 Å². The Bertz CT molecular complexity index is 1200. The molecule has 2 amide bonds. The third-order valence-corrected chi connectivity index (χ3v) is 5.90. The van der Waals surface area contributed by atoms with Gasteiger partial charge in [-0.1, -0.05) is 30.3 Å². The molecule has 0 fully saturated rings. The second-order valence-corrected chi connectivity index (χ2v) is 8.17. The van der Waals surface area contributed by atoms with Crippen molar-refractivity contribution in [3.05, 3.63) is 77.9 Å². The van der Waals surface area contributed by atoms with Crippen LogP contribution in [-0.2, 0) is 19.1 Å². The number of carbonyl (C=O) groups is 3. The molecule has 0 bridgehead atoms. The fourth-order valence-corrected chi connectivity index (χ4v) is 4.19. The van der Waals surface area contributed by atoms with E-state index in [1.54, 1.807) is 19.1 Å². The highest BCUT2D eigenvalue weighted by Gasteiger charge is 2.35. The standard InChI is InChI=1S/C24H22N2O6S/c1-2-30-23(28)21-18(25-24(29)26-22(21)19-8-5-11-31-19)13-32-20(27)14-33-17-10-9-15-6-3-4-7-16(15)12-17/h3-12,22H,2,13-14H2,1H3,(H2,25,26,29). The maximum absolute atomic E-state index is 12.6. The molecule has 3 aromatic rings. The van der Waals surface area contributed by atoms with Gasteiger partial charge in [0, 0.05) is 4.90 Å². The largest absolute Gasteiger partial charge is 0.467 e. The van der Waals surface area contributed by atoms with Gasteiger partial charge >= 0.3 is 18.0 Å². The summed E-state index contributed by atoms with van der Waals surface area (Å²) >= 11 is 1.35. The zero-order valence-electron chi connectivity index (χ0n) is 17.8. The molecule has 2 aromatic carbocycles. The van der Waals surface area contributed by atoms with Gasteiger partial charge < -0.3 is 24.5 Å². The maximum atomic E-state index is 12.6. The Balaban J connectivity index is 1.45. The van der Waals surface area contributed by atoms with E-state index in [1.165, 1.54) is 18.0 Å². The number of amides is 2. The fraction of sp³-hybridized carbons (Fsp3) is 0.208. The van der Waals surface area contributed by atoms with E-state index in [4.69, 9.17) is 13.9 Å². The van der Waals surface area contributed by atoms with Gasteiger partial charge in [-0.2, -0.15) is 0 Å². The molecule has 0 saturated heterocycles. The summed E-state index contributed by atoms with van der Waals surface area (Å²) in [6.45, 7) is 1.55. The fourth-order valence-electron chi connectivity index (χ4n) is 3.44. The van der Waals surface area contributed by atoms with Gasteiger partial charge in [-0.3, -0.25) is 4.79 Å². The van der Waals surface area contributed by atoms with Crippen molar-refractivity contribution in [1.29, 1.82) is 0 Å². The lowest BCUT2D eigenvalue weighted by Gasteiger charge is -2.27. The van der Waals surface area contributed by atoms with E-state index >= 15 is 0 Å². The summed E-state index contributed by atoms with van der Waals surface area (Å²) in [6, 6.07) is 15.8. The van der Waals surface area contributed by atoms with Crippen LogP contribution in [0.5, 0.6) is 0 Å². The minimum absolute atomic E-state index is 0.0775. The van der Waals surface area contributed by atoms with Crippen molar-refractivity contribution in [3.63, 3.8) is 0 Å². The lowest BCUT2D eigenvalue weighted by molar-refractivity contribution is -0.141. The number of benzene rings is 2. The minimum atomic E-state index is -0.853. The number of fused-ring (bicyclic) bond motifs is 1. The SMILES string of the molecule is CCOC(=O)C1=C(COC(=O)CSc2ccc3ccccc3c2)NC(=O)NC1c1ccco1. The maximum Gasteiger partial charge on any atom is 0.338 e. The van der Waals surface area contributed by atoms with E-state index in [2.05, 4.69) is 10.6 Å². The number of furan rings is 1. The molecule has 33 heavy (non-hydrogen) atoms. The van der Waals surface area contributed by atoms with Gasteiger partial charge in [-0.05, 0) is 42.0 Å². The smallest absolute Gasteiger partial charge is 0.338 e. The van der Waals surface area contributed by atoms with E-state index in [-0.39, 0.29) is 30.2 Å². The Labute approximate surface area is 194 Å². The third kappa shape index (κ3) is 5.38. The van der Waals surface area contributed by atoms with Crippen LogP contribution in [0, 0.1) is 0 Å². The zero-order valence-corrected chi connectivity index (χ0v) is 18.6. The molecular formula is C24H22N2O6S. The first-order valence-electron chi connectivity index (χ1n) is 10.3. The predicted octanol–water partition coefficient (Wildman–Crippen LogP) is 3.94. The third-order valence-electron chi connectivity index (χ3n) is 4.93. The normalized spacial score (nSPS) is 15.7. The van der Waals surface area contributed by atoms with Crippen molar-refractivity contribution in [3.8, 4) is 0 Å². The number of esters is 2. The van der Waals surface area contributed by atoms with Crippen molar-refractivity contribution in [1.82, 2.24) is 10.6 Å². The molecular weight excluding hydrogens is 444 g/mol. The Morgan fingerprint density at radius 3 is 2.64 bits per heavy atom. The van der Waals surface area contributed by atoms with Gasteiger partial charge in [0.05, 0.1) is 29.9 Å². The Morgan fingerprint density at radius 1 is 1.06 bits per heavy atom. The van der Waals surface area contributed by atoms with Crippen molar-refractivity contribution in [2.24, 2.45) is 0 Å². The lowest BCUT2D eigenvalue weighted by Crippen LogP contribution is -2.47. The number of hydrogen-bond acceptors (Lipinski definition) is 7. The van der Waals surface area contributed by atoms with Gasteiger partial charge in [0.2, 0.25) is 0 Å². The summed E-state index contributed by atoms with van der Waals surface area (Å²) in [6.07, 6.45) is 1.44. The summed E-state index contributed by atoms with van der Waals surface area (Å²) in [7, 11) is 0. The van der Waals surface area contributed by atoms with Gasteiger partial charge in [0.1, 0.15) is 18.4 Å². The van der Waals surface area contributed by atoms with Gasteiger partial charge in [-0.25, -0.2) is 9.59 Å². The average molecular weight is 467 g/mol. The minimum Gasteiger partial charge on any atom is -0.467 e. The van der Waals surface area contributed by atoms with E-state index in [1.807, 2.05) is 42.5 Å². The van der Waals surface area contributed by atoms with Crippen molar-refractivity contribution in [2.45, 2.75) is 17.9 Å². The Morgan fingerprint density at radius 2 is 1.88 bits per heavy atom. The molecule has 8 nitrogen and oxygen atoms in total. The molecule has 0 spiro atoms. The number of carbonyl (C=O) groups excluding carboxylic acids is 3. The van der Waals surface area contributed by atoms with Gasteiger partial charge in [0.25, 0.3) is 0 Å². The van der Waals surface area contributed by atoms with Crippen LogP contribution in [0.15, 0.2) is 81.4 Å². The quantitative estimate of drug-likeness (QED) is 0.382. The number of rotatable bonds is 8. The van der Waals surface area contributed by atoms with Gasteiger partial charge in [-0.15, -0.1) is 11.8 Å². The van der Waals surface area contributed by atoms with E-state index in [0.29, 0.717) is 5.76 Å². The topological polar surface area (TPSA) is 107 Å². The molecule has 0 radical (unpaired) electrons. The molecule has 2 N–H and O–H groups in total. The Hall–Kier alpha value is -3.72. The van der Waals surface area contributed by atoms with Crippen LogP contribution >= 0.6 is 11.8 Å². The number of urea groups is 1. The van der Waals surface area contributed by atoms with Crippen molar-refractivity contribution in [2.75, 3.05) is 19.0 Å². The van der Waals surface area contributed by atoms with Gasteiger partial charge in [0.15, 0.2) is 0 Å². The average Bonchev–Trinajstić information content (AvgIpc) is 3.36. The number of nitrogens with one attached hydrogen (secondary N) is 2. The second-order valence-electron chi connectivity index (χ2n) is 7.12. The van der Waals surface area contributed by atoms with Crippen LogP contribution < -0.4 is 10.6 Å². The molecule has 4 rings (SSSR count). The zero-order chi connectivity index (χ0) is 23.2. The van der Waals surface area contributed by atoms with Crippen LogP contribution in [0.1, 0.15) is 18.7 Å². The summed E-state index contributed by atoms with van der Waals surface area (Å²) in [4.78, 5) is 38.1. The first-order chi connectivity index (χ1) is 16.0. The molecule has 1 aliphatic heterocycles. The highest BCUT2D eigenvalue weighted by Crippen LogP contribution is 2.28. The van der Waals surface area contributed by atoms with Crippen LogP contribution in [0.4, 0.5) is 4.79 Å². The summed E-state index contributed by atoms with van der Waals surface area (Å²) < 4.78 is 15.9. The highest BCUT2D eigenvalue weighted by molar-refractivity contribution is 8.00. The molecule has 1 aliphatic rings. The van der Waals surface area contributed by atoms with Crippen molar-refractivity contribution >= 4 is 40.5 Å². The molecule has 170 valence electrons. The molecule has 1 unspecified atom stereocenters. The number of ether oxygens (including phenoxy) is 2. The molecule has 1 atom stereocenters. The first kappa shape index (κ1) is 22.5. The Kier molecular flexibility index (Phi) is 6.99. The second kappa shape index (κ2) is 10.3. The summed E-state index contributed by atoms with van der Waals surface area (Å²) in [5.74, 6) is -0.675. The van der Waals surface area contributed by atoms with E-state index < -0.39 is 24.0 Å². The summed E-state index contributed by atoms with van der Waals surface area (Å²) in [5, 5.41) is 7.40. The first-order valence-corrected chi connectivity index (χ1v) is 11.3. The van der Waals surface area contributed by atoms with Crippen molar-refractivity contribution < 1.29 is 28.3 Å². The number of thioether (sulfide) groups is 1. The molecule has 0 aliphatic carbocycles. The molecule has 2 heterocycles. The highest BCUT2D eigenvalue weighted by atomic mass is 32.2. The van der Waals surface area contributed by atoms with Crippen LogP contribution in [0.3, 0.4) is 0 Å². The van der Waals surface area contributed by atoms with E-state index in [0.717, 1.165) is 15.7 Å². The molecule has 1 aromatic heterocycles. The summed E-state index contributed by atoms with van der Waals surface area (Å²) in [5.41, 5.74) is 0.282. The lowest BCUT2D eigenvalue weighted by atomic mass is 10.0. The predicted molar refractivity (Wildman–Crippen MR) is 122 cm³/mol. The van der Waals surface area contributed by atoms with Crippen LogP contribution in [0.2, 0.25) is 0 Å². The van der Waals surface area contributed by atoms with Crippen LogP contribution in [0.25, 0.3) is 10.8 Å².